The predicted octanol–water partition coefficient (Wildman–Crippen LogP) is 4.19. The number of nitrogens with two attached hydrogens (primary N) is 1. The number of nitrogens with zero attached hydrogens (tertiary/aromatic N) is 1. The first-order chi connectivity index (χ1) is 9.11. The summed E-state index contributed by atoms with van der Waals surface area (Å²) >= 11 is 13.9. The zero-order valence-corrected chi connectivity index (χ0v) is 13.0. The van der Waals surface area contributed by atoms with E-state index in [0.29, 0.717) is 16.6 Å². The van der Waals surface area contributed by atoms with Crippen LogP contribution in [0.1, 0.15) is 17.2 Å². The first-order valence-electron chi connectivity index (χ1n) is 5.98. The van der Waals surface area contributed by atoms with E-state index in [1.807, 2.05) is 12.1 Å². The fraction of sp³-hybridized carbons (Fsp3) is 0.286. The maximum Gasteiger partial charge on any atom is 0.0485 e. The number of likely N-dealkylation sites (N-methyl/N-ethyl adjacent to an activating group) is 1. The van der Waals surface area contributed by atoms with Crippen molar-refractivity contribution in [2.75, 3.05) is 13.6 Å². The van der Waals surface area contributed by atoms with Gasteiger partial charge in [0.25, 0.3) is 0 Å². The molecule has 0 bridgehead atoms. The molecule has 2 aromatic rings. The fourth-order valence-corrected chi connectivity index (χ4v) is 3.29. The van der Waals surface area contributed by atoms with Crippen molar-refractivity contribution in [1.29, 1.82) is 0 Å². The van der Waals surface area contributed by atoms with Crippen molar-refractivity contribution in [3.8, 4) is 0 Å². The van der Waals surface area contributed by atoms with Gasteiger partial charge < -0.3 is 5.73 Å². The molecule has 1 aromatic carbocycles. The Bertz CT molecular complexity index is 528. The number of hydrogen-bond donors (Lipinski definition) is 1. The van der Waals surface area contributed by atoms with Crippen molar-refractivity contribution in [2.24, 2.45) is 5.73 Å². The molecule has 0 saturated carbocycles. The maximum atomic E-state index is 6.26. The smallest absolute Gasteiger partial charge is 0.0485 e. The summed E-state index contributed by atoms with van der Waals surface area (Å²) in [5.74, 6) is 0. The Morgan fingerprint density at radius 2 is 2.11 bits per heavy atom. The second-order valence-corrected chi connectivity index (χ2v) is 6.09. The van der Waals surface area contributed by atoms with Crippen LogP contribution in [0.4, 0.5) is 0 Å². The van der Waals surface area contributed by atoms with Crippen molar-refractivity contribution in [2.45, 2.75) is 12.6 Å². The second kappa shape index (κ2) is 6.73. The summed E-state index contributed by atoms with van der Waals surface area (Å²) in [5.41, 5.74) is 8.22. The summed E-state index contributed by atoms with van der Waals surface area (Å²) in [4.78, 5) is 2.21. The van der Waals surface area contributed by atoms with Gasteiger partial charge in [-0.3, -0.25) is 4.90 Å². The third kappa shape index (κ3) is 3.71. The molecule has 0 spiro atoms. The van der Waals surface area contributed by atoms with Crippen molar-refractivity contribution in [1.82, 2.24) is 4.90 Å². The number of hydrogen-bond acceptors (Lipinski definition) is 3. The average Bonchev–Trinajstić information content (AvgIpc) is 2.85. The minimum absolute atomic E-state index is 0.0877. The molecule has 0 saturated heterocycles. The van der Waals surface area contributed by atoms with E-state index in [1.54, 1.807) is 17.4 Å². The van der Waals surface area contributed by atoms with Crippen LogP contribution >= 0.6 is 34.5 Å². The van der Waals surface area contributed by atoms with Gasteiger partial charge >= 0.3 is 0 Å². The van der Waals surface area contributed by atoms with Crippen LogP contribution in [0.3, 0.4) is 0 Å². The van der Waals surface area contributed by atoms with Crippen LogP contribution in [-0.2, 0) is 6.54 Å². The Balaban J connectivity index is 2.18. The molecule has 5 heteroatoms. The van der Waals surface area contributed by atoms with E-state index in [0.717, 1.165) is 12.1 Å². The molecule has 0 fully saturated rings. The zero-order valence-electron chi connectivity index (χ0n) is 10.6. The highest BCUT2D eigenvalue weighted by atomic mass is 35.5. The van der Waals surface area contributed by atoms with E-state index in [4.69, 9.17) is 28.9 Å². The molecule has 0 aliphatic rings. The summed E-state index contributed by atoms with van der Waals surface area (Å²) in [7, 11) is 2.06. The minimum Gasteiger partial charge on any atom is -0.329 e. The Labute approximate surface area is 127 Å². The van der Waals surface area contributed by atoms with Gasteiger partial charge in [-0.1, -0.05) is 29.3 Å². The van der Waals surface area contributed by atoms with E-state index >= 15 is 0 Å². The van der Waals surface area contributed by atoms with Crippen molar-refractivity contribution < 1.29 is 0 Å². The monoisotopic (exact) mass is 314 g/mol. The predicted molar refractivity (Wildman–Crippen MR) is 84.0 cm³/mol. The third-order valence-electron chi connectivity index (χ3n) is 3.09. The molecule has 0 aliphatic heterocycles. The van der Waals surface area contributed by atoms with Gasteiger partial charge in [-0.25, -0.2) is 0 Å². The average molecular weight is 315 g/mol. The summed E-state index contributed by atoms with van der Waals surface area (Å²) in [6.07, 6.45) is 0. The van der Waals surface area contributed by atoms with E-state index in [-0.39, 0.29) is 6.04 Å². The molecule has 1 heterocycles. The number of halogens is 2. The van der Waals surface area contributed by atoms with Crippen molar-refractivity contribution in [3.05, 3.63) is 56.2 Å². The Kier molecular flexibility index (Phi) is 5.25. The van der Waals surface area contributed by atoms with Gasteiger partial charge in [-0.15, -0.1) is 0 Å². The van der Waals surface area contributed by atoms with Crippen molar-refractivity contribution >= 4 is 34.5 Å². The molecule has 0 amide bonds. The van der Waals surface area contributed by atoms with Crippen LogP contribution in [0, 0.1) is 0 Å². The van der Waals surface area contributed by atoms with Crippen LogP contribution in [0.25, 0.3) is 0 Å². The molecule has 2 N–H and O–H groups in total. The lowest BCUT2D eigenvalue weighted by Crippen LogP contribution is -2.30. The normalized spacial score (nSPS) is 12.9. The summed E-state index contributed by atoms with van der Waals surface area (Å²) in [6, 6.07) is 7.78. The molecular weight excluding hydrogens is 299 g/mol. The molecule has 2 nitrogen and oxygen atoms in total. The minimum atomic E-state index is 0.0877. The Morgan fingerprint density at radius 3 is 2.68 bits per heavy atom. The van der Waals surface area contributed by atoms with E-state index in [9.17, 15) is 0 Å². The summed E-state index contributed by atoms with van der Waals surface area (Å²) < 4.78 is 0. The van der Waals surface area contributed by atoms with Crippen LogP contribution in [0.2, 0.25) is 10.0 Å². The van der Waals surface area contributed by atoms with Crippen LogP contribution < -0.4 is 5.73 Å². The number of rotatable bonds is 5. The lowest BCUT2D eigenvalue weighted by molar-refractivity contribution is 0.242. The molecule has 1 unspecified atom stereocenters. The van der Waals surface area contributed by atoms with Crippen LogP contribution in [0.5, 0.6) is 0 Å². The first kappa shape index (κ1) is 14.8. The molecule has 19 heavy (non-hydrogen) atoms. The Hall–Kier alpha value is -0.580. The molecule has 1 atom stereocenters. The SMILES string of the molecule is CN(Cc1ccsc1)C(CN)c1ccc(Cl)cc1Cl. The van der Waals surface area contributed by atoms with Gasteiger partial charge in [-0.2, -0.15) is 11.3 Å². The first-order valence-corrected chi connectivity index (χ1v) is 7.68. The largest absolute Gasteiger partial charge is 0.329 e. The highest BCUT2D eigenvalue weighted by molar-refractivity contribution is 7.07. The number of benzene rings is 1. The molecule has 0 aliphatic carbocycles. The lowest BCUT2D eigenvalue weighted by atomic mass is 10.1. The Morgan fingerprint density at radius 1 is 1.32 bits per heavy atom. The standard InChI is InChI=1S/C14H16Cl2N2S/c1-18(8-10-4-5-19-9-10)14(7-17)12-3-2-11(15)6-13(12)16/h2-6,9,14H,7-8,17H2,1H3. The summed E-state index contributed by atoms with van der Waals surface area (Å²) in [5, 5.41) is 5.54. The highest BCUT2D eigenvalue weighted by Gasteiger charge is 2.18. The van der Waals surface area contributed by atoms with Crippen molar-refractivity contribution in [3.63, 3.8) is 0 Å². The van der Waals surface area contributed by atoms with Crippen LogP contribution in [-0.4, -0.2) is 18.5 Å². The van der Waals surface area contributed by atoms with E-state index in [2.05, 4.69) is 28.8 Å². The topological polar surface area (TPSA) is 29.3 Å². The van der Waals surface area contributed by atoms with Gasteiger partial charge in [0, 0.05) is 29.2 Å². The zero-order chi connectivity index (χ0) is 13.8. The van der Waals surface area contributed by atoms with Gasteiger partial charge in [0.1, 0.15) is 0 Å². The molecule has 102 valence electrons. The highest BCUT2D eigenvalue weighted by Crippen LogP contribution is 2.29. The van der Waals surface area contributed by atoms with E-state index in [1.165, 1.54) is 5.56 Å². The van der Waals surface area contributed by atoms with Crippen LogP contribution in [0.15, 0.2) is 35.0 Å². The second-order valence-electron chi connectivity index (χ2n) is 4.46. The van der Waals surface area contributed by atoms with Gasteiger partial charge in [0.05, 0.1) is 0 Å². The van der Waals surface area contributed by atoms with Gasteiger partial charge in [-0.05, 0) is 47.1 Å². The molecule has 2 rings (SSSR count). The summed E-state index contributed by atoms with van der Waals surface area (Å²) in [6.45, 7) is 1.37. The molecule has 0 radical (unpaired) electrons. The van der Waals surface area contributed by atoms with E-state index < -0.39 is 0 Å². The fourth-order valence-electron chi connectivity index (χ4n) is 2.10. The lowest BCUT2D eigenvalue weighted by Gasteiger charge is -2.27. The van der Waals surface area contributed by atoms with Gasteiger partial charge in [0.2, 0.25) is 0 Å². The van der Waals surface area contributed by atoms with Gasteiger partial charge in [0.15, 0.2) is 0 Å². The maximum absolute atomic E-state index is 6.26. The number of thiophene rings is 1. The molecule has 1 aromatic heterocycles. The quantitative estimate of drug-likeness (QED) is 0.896. The molecular formula is C14H16Cl2N2S. The third-order valence-corrected chi connectivity index (χ3v) is 4.38.